The van der Waals surface area contributed by atoms with Crippen molar-refractivity contribution in [1.29, 1.82) is 0 Å². The lowest BCUT2D eigenvalue weighted by molar-refractivity contribution is -0.384. The van der Waals surface area contributed by atoms with Gasteiger partial charge in [-0.3, -0.25) is 19.8 Å². The number of para-hydroxylation sites is 1. The number of H-pyrrole nitrogens is 1. The number of nitrogens with zero attached hydrogens (tertiary/aromatic N) is 5. The Balaban J connectivity index is 0.857. The van der Waals surface area contributed by atoms with Crippen LogP contribution in [0.3, 0.4) is 0 Å². The van der Waals surface area contributed by atoms with Crippen LogP contribution in [-0.4, -0.2) is 108 Å². The normalized spacial score (nSPS) is 25.4. The number of aromatic amines is 1. The van der Waals surface area contributed by atoms with Crippen molar-refractivity contribution < 1.29 is 37.5 Å². The molecule has 6 aliphatic rings. The van der Waals surface area contributed by atoms with Crippen LogP contribution >= 0.6 is 0 Å². The molecule has 74 heavy (non-hydrogen) atoms. The first-order chi connectivity index (χ1) is 35.4. The molecule has 18 heteroatoms. The van der Waals surface area contributed by atoms with Gasteiger partial charge in [0.2, 0.25) is 5.88 Å². The molecule has 3 aromatic carbocycles. The first-order valence-corrected chi connectivity index (χ1v) is 28.2. The first-order valence-electron chi connectivity index (χ1n) is 26.7. The molecule has 6 heterocycles. The van der Waals surface area contributed by atoms with Gasteiger partial charge in [0, 0.05) is 67.2 Å². The molecule has 3 saturated heterocycles. The second-order valence-electron chi connectivity index (χ2n) is 23.1. The molecule has 5 fully saturated rings. The van der Waals surface area contributed by atoms with E-state index in [0.717, 1.165) is 87.5 Å². The third-order valence-corrected chi connectivity index (χ3v) is 18.1. The zero-order valence-corrected chi connectivity index (χ0v) is 43.8. The summed E-state index contributed by atoms with van der Waals surface area (Å²) in [4.78, 5) is 41.4. The number of carbonyl (C=O) groups is 1. The van der Waals surface area contributed by atoms with Gasteiger partial charge < -0.3 is 39.4 Å². The molecule has 17 nitrogen and oxygen atoms in total. The minimum absolute atomic E-state index is 0.115. The average molecular weight is 1030 g/mol. The number of hydrogen-bond acceptors (Lipinski definition) is 14. The van der Waals surface area contributed by atoms with Crippen LogP contribution in [0.1, 0.15) is 127 Å². The Kier molecular flexibility index (Phi) is 13.3. The van der Waals surface area contributed by atoms with Crippen LogP contribution in [0.4, 0.5) is 28.4 Å². The molecule has 4 N–H and O–H groups in total. The van der Waals surface area contributed by atoms with Gasteiger partial charge in [-0.1, -0.05) is 24.6 Å². The van der Waals surface area contributed by atoms with Crippen molar-refractivity contribution in [2.45, 2.75) is 145 Å². The number of pyridine rings is 1. The average Bonchev–Trinajstić information content (AvgIpc) is 3.83. The van der Waals surface area contributed by atoms with Crippen LogP contribution in [-0.2, 0) is 14.8 Å². The molecule has 0 bridgehead atoms. The van der Waals surface area contributed by atoms with Crippen molar-refractivity contribution in [3.63, 3.8) is 0 Å². The number of aliphatic hydroxyl groups is 1. The van der Waals surface area contributed by atoms with Crippen LogP contribution in [0.25, 0.3) is 11.0 Å². The molecule has 0 radical (unpaired) electrons. The summed E-state index contributed by atoms with van der Waals surface area (Å²) in [5.74, 6) is 0.673. The minimum Gasteiger partial charge on any atom is -0.488 e. The fourth-order valence-electron chi connectivity index (χ4n) is 12.8. The van der Waals surface area contributed by atoms with Crippen molar-refractivity contribution in [3.05, 3.63) is 100 Å². The Bertz CT molecular complexity index is 3020. The molecule has 4 aliphatic heterocycles. The van der Waals surface area contributed by atoms with Gasteiger partial charge in [0.05, 0.1) is 39.3 Å². The van der Waals surface area contributed by atoms with Crippen molar-refractivity contribution in [2.75, 3.05) is 54.5 Å². The third-order valence-electron chi connectivity index (χ3n) is 16.8. The van der Waals surface area contributed by atoms with E-state index in [9.17, 15) is 28.4 Å². The predicted molar refractivity (Wildman–Crippen MR) is 284 cm³/mol. The number of piperidine rings is 2. The Morgan fingerprint density at radius 3 is 2.51 bits per heavy atom. The number of aromatic nitrogens is 2. The predicted octanol–water partition coefficient (Wildman–Crippen LogP) is 9.78. The van der Waals surface area contributed by atoms with E-state index in [4.69, 9.17) is 19.2 Å². The highest BCUT2D eigenvalue weighted by Gasteiger charge is 2.50. The SMILES string of the molecule is CC1(O)CCC(CNc2ccc(S(=O)(=O)NC(=O)c3ccc(N4CCC5(CC4)CC(N4CCCC[C@H]4c4ccccc4OC(C)(C)C)C5)cc3N3c4cc5cc[nH]c5nc4O[C@H]4COCC[C@@H]43)cc2[N+](=O)[O-])CC1. The Hall–Kier alpha value is -5.95. The number of hydrogen-bond donors (Lipinski definition) is 4. The quantitative estimate of drug-likeness (QED) is 0.0679. The van der Waals surface area contributed by atoms with Crippen molar-refractivity contribution >= 4 is 55.4 Å². The molecule has 11 rings (SSSR count). The number of rotatable bonds is 12. The van der Waals surface area contributed by atoms with E-state index in [2.05, 4.69) is 74.8 Å². The minimum atomic E-state index is -4.62. The second-order valence-corrected chi connectivity index (χ2v) is 24.8. The topological polar surface area (TPSA) is 205 Å². The lowest BCUT2D eigenvalue weighted by atomic mass is 9.59. The molecule has 2 aliphatic carbocycles. The summed E-state index contributed by atoms with van der Waals surface area (Å²) >= 11 is 0. The summed E-state index contributed by atoms with van der Waals surface area (Å²) in [7, 11) is -4.62. The maximum Gasteiger partial charge on any atom is 0.293 e. The van der Waals surface area contributed by atoms with E-state index in [0.29, 0.717) is 74.0 Å². The van der Waals surface area contributed by atoms with Crippen LogP contribution in [0.2, 0.25) is 0 Å². The van der Waals surface area contributed by atoms with E-state index in [1.807, 2.05) is 37.4 Å². The molecule has 1 amide bonds. The van der Waals surface area contributed by atoms with Gasteiger partial charge in [0.15, 0.2) is 0 Å². The van der Waals surface area contributed by atoms with Gasteiger partial charge >= 0.3 is 0 Å². The first kappa shape index (κ1) is 50.2. The van der Waals surface area contributed by atoms with Crippen LogP contribution in [0.15, 0.2) is 83.9 Å². The highest BCUT2D eigenvalue weighted by molar-refractivity contribution is 7.90. The summed E-state index contributed by atoms with van der Waals surface area (Å²) < 4.78 is 49.6. The monoisotopic (exact) mass is 1030 g/mol. The third kappa shape index (κ3) is 10.1. The lowest BCUT2D eigenvalue weighted by Crippen LogP contribution is -2.56. The molecular formula is C56H70N8O9S. The molecule has 5 aromatic rings. The number of likely N-dealkylation sites (tertiary alicyclic amines) is 1. The summed E-state index contributed by atoms with van der Waals surface area (Å²) in [6.07, 6.45) is 12.7. The van der Waals surface area contributed by atoms with Gasteiger partial charge in [-0.2, -0.15) is 4.98 Å². The largest absolute Gasteiger partial charge is 0.488 e. The van der Waals surface area contributed by atoms with E-state index >= 15 is 0 Å². The number of fused-ring (bicyclic) bond motifs is 3. The Morgan fingerprint density at radius 1 is 0.959 bits per heavy atom. The molecular weight excluding hydrogens is 961 g/mol. The van der Waals surface area contributed by atoms with Gasteiger partial charge in [-0.15, -0.1) is 0 Å². The smallest absolute Gasteiger partial charge is 0.293 e. The Labute approximate surface area is 433 Å². The second kappa shape index (κ2) is 19.6. The molecule has 2 saturated carbocycles. The van der Waals surface area contributed by atoms with Gasteiger partial charge in [-0.05, 0) is 165 Å². The van der Waals surface area contributed by atoms with Crippen LogP contribution < -0.4 is 29.3 Å². The van der Waals surface area contributed by atoms with Gasteiger partial charge in [0.1, 0.15) is 34.5 Å². The molecule has 2 aromatic heterocycles. The number of ether oxygens (including phenoxy) is 3. The maximum absolute atomic E-state index is 14.7. The number of nitro benzene ring substituents is 1. The molecule has 0 unspecified atom stereocenters. The van der Waals surface area contributed by atoms with Gasteiger partial charge in [0.25, 0.3) is 21.6 Å². The number of sulfonamides is 1. The zero-order valence-electron chi connectivity index (χ0n) is 43.0. The van der Waals surface area contributed by atoms with Crippen LogP contribution in [0, 0.1) is 21.4 Å². The Morgan fingerprint density at radius 2 is 1.74 bits per heavy atom. The number of nitro groups is 1. The number of benzene rings is 3. The molecule has 1 spiro atoms. The van der Waals surface area contributed by atoms with Crippen molar-refractivity contribution in [3.8, 4) is 11.6 Å². The van der Waals surface area contributed by atoms with Crippen molar-refractivity contribution in [1.82, 2.24) is 19.6 Å². The number of amides is 1. The molecule has 394 valence electrons. The number of nitrogens with one attached hydrogen (secondary N) is 3. The summed E-state index contributed by atoms with van der Waals surface area (Å²) in [6, 6.07) is 22.3. The highest BCUT2D eigenvalue weighted by atomic mass is 32.2. The number of anilines is 4. The fraction of sp³-hybridized carbons (Fsp3) is 0.536. The summed E-state index contributed by atoms with van der Waals surface area (Å²) in [6.45, 7) is 12.1. The summed E-state index contributed by atoms with van der Waals surface area (Å²) in [5.41, 5.74) is 3.12. The summed E-state index contributed by atoms with van der Waals surface area (Å²) in [5, 5.41) is 26.8. The highest BCUT2D eigenvalue weighted by Crippen LogP contribution is 2.55. The standard InChI is InChI=1S/C56H70N8O9S/c1-54(2,3)73-49-11-6-5-9-41(49)44-10-7-8-25-62(44)39-32-56(33-39)22-26-61(27-23-56)38-12-14-42(46(30-38)63-45-19-28-71-35-50(45)72-53-48(63)29-37-18-24-57-51(37)59-53)52(65)60-74(69,70)40-13-15-43(47(31-40)64(67)68)58-34-36-16-20-55(4,66)21-17-36/h5-6,9,11-15,18,24,29-31,36,39,44-45,50,58,66H,7-8,10,16-17,19-23,25-28,32-35H2,1-4H3,(H,57,59)(H,60,65)/t36?,44-,45-,50-,55?/m0/s1. The number of carbonyl (C=O) groups excluding carboxylic acids is 1. The van der Waals surface area contributed by atoms with E-state index in [1.54, 1.807) is 6.07 Å². The van der Waals surface area contributed by atoms with Gasteiger partial charge in [-0.25, -0.2) is 13.1 Å². The fourth-order valence-corrected chi connectivity index (χ4v) is 13.7. The van der Waals surface area contributed by atoms with Crippen LogP contribution in [0.5, 0.6) is 11.6 Å². The lowest BCUT2D eigenvalue weighted by Gasteiger charge is -2.57. The maximum atomic E-state index is 14.7. The van der Waals surface area contributed by atoms with Crippen molar-refractivity contribution in [2.24, 2.45) is 11.3 Å². The molecule has 3 atom stereocenters. The van der Waals surface area contributed by atoms with E-state index < -0.39 is 43.1 Å². The van der Waals surface area contributed by atoms with E-state index in [-0.39, 0.29) is 34.2 Å². The van der Waals surface area contributed by atoms with E-state index in [1.165, 1.54) is 30.5 Å². The zero-order chi connectivity index (χ0) is 51.6.